The topological polar surface area (TPSA) is 66.6 Å². The van der Waals surface area contributed by atoms with Crippen LogP contribution in [0.15, 0.2) is 0 Å². The fourth-order valence-electron chi connectivity index (χ4n) is 2.36. The van der Waals surface area contributed by atoms with Gasteiger partial charge in [0.05, 0.1) is 0 Å². The Balaban J connectivity index is 1.98. The van der Waals surface area contributed by atoms with Gasteiger partial charge in [0.2, 0.25) is 0 Å². The molecule has 0 aromatic heterocycles. The summed E-state index contributed by atoms with van der Waals surface area (Å²) in [4.78, 5) is 13.2. The van der Waals surface area contributed by atoms with Crippen molar-refractivity contribution in [2.75, 3.05) is 13.1 Å². The van der Waals surface area contributed by atoms with E-state index in [-0.39, 0.29) is 12.1 Å². The molecule has 2 rings (SSSR count). The van der Waals surface area contributed by atoms with E-state index in [4.69, 9.17) is 10.8 Å². The van der Waals surface area contributed by atoms with E-state index in [1.165, 1.54) is 0 Å². The van der Waals surface area contributed by atoms with Crippen LogP contribution in [-0.2, 0) is 4.79 Å². The van der Waals surface area contributed by atoms with E-state index in [1.54, 1.807) is 0 Å². The molecule has 1 aliphatic heterocycles. The number of carboxylic acids is 1. The molecule has 0 aromatic rings. The Kier molecular flexibility index (Phi) is 2.74. The van der Waals surface area contributed by atoms with Crippen LogP contribution in [-0.4, -0.2) is 41.1 Å². The standard InChI is InChI=1S/C10H18N2O2/c11-8-2-1-5-12(6-8)9(10(13)14)7-3-4-7/h7-9H,1-6,11H2,(H,13,14). The minimum atomic E-state index is -0.665. The third-order valence-corrected chi connectivity index (χ3v) is 3.20. The third-order valence-electron chi connectivity index (χ3n) is 3.20. The summed E-state index contributed by atoms with van der Waals surface area (Å²) >= 11 is 0. The number of nitrogens with two attached hydrogens (primary N) is 1. The number of likely N-dealkylation sites (tertiary alicyclic amines) is 1. The molecule has 2 aliphatic rings. The molecular formula is C10H18N2O2. The number of piperidine rings is 1. The lowest BCUT2D eigenvalue weighted by atomic mass is 10.0. The molecule has 1 saturated carbocycles. The Morgan fingerprint density at radius 1 is 1.43 bits per heavy atom. The lowest BCUT2D eigenvalue weighted by Gasteiger charge is -2.35. The van der Waals surface area contributed by atoms with Crippen molar-refractivity contribution in [3.63, 3.8) is 0 Å². The maximum absolute atomic E-state index is 11.1. The van der Waals surface area contributed by atoms with E-state index >= 15 is 0 Å². The van der Waals surface area contributed by atoms with Crippen molar-refractivity contribution in [3.05, 3.63) is 0 Å². The zero-order valence-corrected chi connectivity index (χ0v) is 8.35. The van der Waals surface area contributed by atoms with Gasteiger partial charge in [-0.1, -0.05) is 0 Å². The molecule has 1 aliphatic carbocycles. The molecule has 14 heavy (non-hydrogen) atoms. The summed E-state index contributed by atoms with van der Waals surface area (Å²) in [6.07, 6.45) is 4.22. The lowest BCUT2D eigenvalue weighted by molar-refractivity contribution is -0.144. The molecule has 4 nitrogen and oxygen atoms in total. The lowest BCUT2D eigenvalue weighted by Crippen LogP contribution is -2.51. The molecule has 2 fully saturated rings. The summed E-state index contributed by atoms with van der Waals surface area (Å²) in [6.45, 7) is 1.66. The monoisotopic (exact) mass is 198 g/mol. The molecule has 2 atom stereocenters. The molecular weight excluding hydrogens is 180 g/mol. The number of hydrogen-bond donors (Lipinski definition) is 2. The minimum Gasteiger partial charge on any atom is -0.480 e. The summed E-state index contributed by atoms with van der Waals surface area (Å²) in [7, 11) is 0. The highest BCUT2D eigenvalue weighted by Gasteiger charge is 2.41. The maximum Gasteiger partial charge on any atom is 0.321 e. The summed E-state index contributed by atoms with van der Waals surface area (Å²) in [5, 5.41) is 9.14. The van der Waals surface area contributed by atoms with E-state index in [1.807, 2.05) is 0 Å². The van der Waals surface area contributed by atoms with Gasteiger partial charge in [0.1, 0.15) is 6.04 Å². The van der Waals surface area contributed by atoms with Crippen molar-refractivity contribution < 1.29 is 9.90 Å². The Morgan fingerprint density at radius 2 is 2.14 bits per heavy atom. The summed E-state index contributed by atoms with van der Waals surface area (Å²) in [6, 6.07) is -0.0919. The van der Waals surface area contributed by atoms with Gasteiger partial charge in [-0.05, 0) is 38.1 Å². The molecule has 0 spiro atoms. The number of rotatable bonds is 3. The van der Waals surface area contributed by atoms with Crippen LogP contribution in [0.3, 0.4) is 0 Å². The SMILES string of the molecule is NC1CCCN(C(C(=O)O)C2CC2)C1. The third kappa shape index (κ3) is 2.07. The molecule has 3 N–H and O–H groups in total. The molecule has 0 bridgehead atoms. The van der Waals surface area contributed by atoms with Gasteiger partial charge in [-0.3, -0.25) is 9.69 Å². The predicted molar refractivity (Wildman–Crippen MR) is 52.9 cm³/mol. The normalized spacial score (nSPS) is 31.4. The first-order valence-electron chi connectivity index (χ1n) is 5.41. The average Bonchev–Trinajstić information content (AvgIpc) is 2.88. The van der Waals surface area contributed by atoms with Crippen LogP contribution in [0.25, 0.3) is 0 Å². The molecule has 0 aromatic carbocycles. The van der Waals surface area contributed by atoms with Gasteiger partial charge >= 0.3 is 5.97 Å². The molecule has 2 unspecified atom stereocenters. The van der Waals surface area contributed by atoms with Gasteiger partial charge in [-0.15, -0.1) is 0 Å². The van der Waals surface area contributed by atoms with Crippen molar-refractivity contribution in [2.45, 2.75) is 37.8 Å². The van der Waals surface area contributed by atoms with E-state index in [0.717, 1.165) is 38.8 Å². The summed E-state index contributed by atoms with van der Waals surface area (Å²) in [5.41, 5.74) is 5.85. The van der Waals surface area contributed by atoms with E-state index in [2.05, 4.69) is 4.90 Å². The Hall–Kier alpha value is -0.610. The smallest absolute Gasteiger partial charge is 0.321 e. The number of carbonyl (C=O) groups is 1. The van der Waals surface area contributed by atoms with E-state index < -0.39 is 5.97 Å². The van der Waals surface area contributed by atoms with Crippen LogP contribution < -0.4 is 5.73 Å². The highest BCUT2D eigenvalue weighted by atomic mass is 16.4. The fourth-order valence-corrected chi connectivity index (χ4v) is 2.36. The second-order valence-electron chi connectivity index (χ2n) is 4.52. The second-order valence-corrected chi connectivity index (χ2v) is 4.52. The van der Waals surface area contributed by atoms with Gasteiger partial charge in [0.15, 0.2) is 0 Å². The Labute approximate surface area is 84.1 Å². The van der Waals surface area contributed by atoms with Gasteiger partial charge in [-0.2, -0.15) is 0 Å². The number of nitrogens with zero attached hydrogens (tertiary/aromatic N) is 1. The van der Waals surface area contributed by atoms with Crippen LogP contribution >= 0.6 is 0 Å². The molecule has 1 saturated heterocycles. The van der Waals surface area contributed by atoms with Crippen molar-refractivity contribution in [1.82, 2.24) is 4.90 Å². The molecule has 0 radical (unpaired) electrons. The summed E-state index contributed by atoms with van der Waals surface area (Å²) in [5.74, 6) is -0.278. The molecule has 80 valence electrons. The first-order valence-corrected chi connectivity index (χ1v) is 5.41. The van der Waals surface area contributed by atoms with Crippen LogP contribution in [0.2, 0.25) is 0 Å². The van der Waals surface area contributed by atoms with Crippen LogP contribution in [0.4, 0.5) is 0 Å². The number of aliphatic carboxylic acids is 1. The van der Waals surface area contributed by atoms with Gasteiger partial charge in [0, 0.05) is 12.6 Å². The highest BCUT2D eigenvalue weighted by Crippen LogP contribution is 2.36. The molecule has 1 heterocycles. The summed E-state index contributed by atoms with van der Waals surface area (Å²) < 4.78 is 0. The van der Waals surface area contributed by atoms with Crippen LogP contribution in [0.1, 0.15) is 25.7 Å². The second kappa shape index (κ2) is 3.87. The minimum absolute atomic E-state index is 0.171. The average molecular weight is 198 g/mol. The van der Waals surface area contributed by atoms with Crippen molar-refractivity contribution in [3.8, 4) is 0 Å². The first-order chi connectivity index (χ1) is 6.68. The van der Waals surface area contributed by atoms with Crippen molar-refractivity contribution in [1.29, 1.82) is 0 Å². The van der Waals surface area contributed by atoms with E-state index in [0.29, 0.717) is 5.92 Å². The predicted octanol–water partition coefficient (Wildman–Crippen LogP) is 0.273. The number of hydrogen-bond acceptors (Lipinski definition) is 3. The van der Waals surface area contributed by atoms with Crippen LogP contribution in [0, 0.1) is 5.92 Å². The quantitative estimate of drug-likeness (QED) is 0.683. The maximum atomic E-state index is 11.1. The van der Waals surface area contributed by atoms with Gasteiger partial charge in [-0.25, -0.2) is 0 Å². The zero-order valence-electron chi connectivity index (χ0n) is 8.35. The fraction of sp³-hybridized carbons (Fsp3) is 0.900. The highest BCUT2D eigenvalue weighted by molar-refractivity contribution is 5.74. The molecule has 0 amide bonds. The zero-order chi connectivity index (χ0) is 10.1. The van der Waals surface area contributed by atoms with Gasteiger partial charge < -0.3 is 10.8 Å². The Bertz CT molecular complexity index is 228. The van der Waals surface area contributed by atoms with Crippen molar-refractivity contribution >= 4 is 5.97 Å². The van der Waals surface area contributed by atoms with Crippen molar-refractivity contribution in [2.24, 2.45) is 11.7 Å². The van der Waals surface area contributed by atoms with Crippen LogP contribution in [0.5, 0.6) is 0 Å². The molecule has 4 heteroatoms. The van der Waals surface area contributed by atoms with E-state index in [9.17, 15) is 4.79 Å². The Morgan fingerprint density at radius 3 is 2.64 bits per heavy atom. The first kappa shape index (κ1) is 9.93. The van der Waals surface area contributed by atoms with Gasteiger partial charge in [0.25, 0.3) is 0 Å². The largest absolute Gasteiger partial charge is 0.480 e. The number of carboxylic acid groups (broad SMARTS) is 1.